The van der Waals surface area contributed by atoms with Crippen LogP contribution in [0.15, 0.2) is 0 Å². The monoisotopic (exact) mass is 332 g/mol. The molecule has 0 spiro atoms. The Morgan fingerprint density at radius 3 is 0.818 bits per heavy atom. The van der Waals surface area contributed by atoms with E-state index in [1.807, 2.05) is 0 Å². The van der Waals surface area contributed by atoms with Crippen LogP contribution in [0, 0.1) is 41.7 Å². The van der Waals surface area contributed by atoms with Gasteiger partial charge in [-0.15, -0.1) is 0 Å². The SMILES string of the molecule is CS(=O)(=O)O.CS(=O)(=O)O.[Ce]. The molecule has 0 aliphatic carbocycles. The van der Waals surface area contributed by atoms with Gasteiger partial charge in [0.2, 0.25) is 0 Å². The van der Waals surface area contributed by atoms with Crippen LogP contribution in [0.3, 0.4) is 0 Å². The average molecular weight is 332 g/mol. The maximum Gasteiger partial charge on any atom is 0.261 e. The zero-order valence-corrected chi connectivity index (χ0v) is 10.6. The van der Waals surface area contributed by atoms with Gasteiger partial charge in [-0.3, -0.25) is 9.11 Å². The Kier molecular flexibility index (Phi) is 11.0. The first-order chi connectivity index (χ1) is 4.00. The normalized spacial score (nSPS) is 10.5. The summed E-state index contributed by atoms with van der Waals surface area (Å²) >= 11 is 0. The molecular formula is C2H8CeO6S2. The molecule has 0 saturated heterocycles. The maximum absolute atomic E-state index is 9.19. The number of hydrogen-bond donors (Lipinski definition) is 2. The molecule has 0 amide bonds. The Labute approximate surface area is 99.3 Å². The zero-order chi connectivity index (χ0) is 9.00. The van der Waals surface area contributed by atoms with Gasteiger partial charge in [-0.1, -0.05) is 0 Å². The van der Waals surface area contributed by atoms with Gasteiger partial charge >= 0.3 is 0 Å². The first kappa shape index (κ1) is 18.1. The van der Waals surface area contributed by atoms with Gasteiger partial charge in [0.1, 0.15) is 0 Å². The quantitative estimate of drug-likeness (QED) is 0.551. The van der Waals surface area contributed by atoms with Gasteiger partial charge in [0.05, 0.1) is 12.5 Å². The summed E-state index contributed by atoms with van der Waals surface area (Å²) in [4.78, 5) is 0. The fourth-order valence-electron chi connectivity index (χ4n) is 0. The van der Waals surface area contributed by atoms with E-state index < -0.39 is 20.2 Å². The predicted molar refractivity (Wildman–Crippen MR) is 34.9 cm³/mol. The molecule has 11 heavy (non-hydrogen) atoms. The third-order valence-electron chi connectivity index (χ3n) is 0. The van der Waals surface area contributed by atoms with Crippen molar-refractivity contribution in [3.8, 4) is 0 Å². The second-order valence-corrected chi connectivity index (χ2v) is 4.40. The van der Waals surface area contributed by atoms with Crippen LogP contribution in [-0.4, -0.2) is 38.5 Å². The molecule has 0 atom stereocenters. The summed E-state index contributed by atoms with van der Waals surface area (Å²) in [7, 11) is -7.33. The van der Waals surface area contributed by atoms with Crippen LogP contribution in [0.2, 0.25) is 0 Å². The largest absolute Gasteiger partial charge is 0.286 e. The van der Waals surface area contributed by atoms with E-state index in [1.165, 1.54) is 0 Å². The number of rotatable bonds is 0. The van der Waals surface area contributed by atoms with E-state index in [0.717, 1.165) is 0 Å². The number of hydrogen-bond acceptors (Lipinski definition) is 4. The molecule has 2 N–H and O–H groups in total. The minimum Gasteiger partial charge on any atom is -0.286 e. The first-order valence-corrected chi connectivity index (χ1v) is 5.54. The van der Waals surface area contributed by atoms with Crippen molar-refractivity contribution in [2.75, 3.05) is 12.5 Å². The van der Waals surface area contributed by atoms with Crippen LogP contribution in [0.1, 0.15) is 0 Å². The molecule has 0 aliphatic heterocycles. The molecule has 0 aromatic heterocycles. The molecule has 0 aliphatic rings. The second-order valence-electron chi connectivity index (χ2n) is 1.47. The van der Waals surface area contributed by atoms with Gasteiger partial charge in [-0.05, 0) is 0 Å². The van der Waals surface area contributed by atoms with E-state index in [0.29, 0.717) is 12.5 Å². The summed E-state index contributed by atoms with van der Waals surface area (Å²) in [6.07, 6.45) is 1.43. The van der Waals surface area contributed by atoms with E-state index in [-0.39, 0.29) is 41.7 Å². The molecule has 0 saturated carbocycles. The molecule has 0 unspecified atom stereocenters. The van der Waals surface area contributed by atoms with E-state index in [9.17, 15) is 16.8 Å². The van der Waals surface area contributed by atoms with Crippen molar-refractivity contribution in [3.63, 3.8) is 0 Å². The topological polar surface area (TPSA) is 109 Å². The Hall–Kier alpha value is 1.20. The van der Waals surface area contributed by atoms with Crippen LogP contribution < -0.4 is 0 Å². The molecular weight excluding hydrogens is 324 g/mol. The fourth-order valence-corrected chi connectivity index (χ4v) is 0. The zero-order valence-electron chi connectivity index (χ0n) is 5.84. The van der Waals surface area contributed by atoms with Gasteiger partial charge in [0, 0.05) is 41.7 Å². The van der Waals surface area contributed by atoms with E-state index in [4.69, 9.17) is 9.11 Å². The van der Waals surface area contributed by atoms with Gasteiger partial charge in [0.15, 0.2) is 0 Å². The van der Waals surface area contributed by atoms with Crippen molar-refractivity contribution < 1.29 is 67.7 Å². The van der Waals surface area contributed by atoms with Crippen molar-refractivity contribution >= 4 is 20.2 Å². The third kappa shape index (κ3) is 661. The van der Waals surface area contributed by atoms with E-state index in [1.54, 1.807) is 0 Å². The molecule has 0 bridgehead atoms. The smallest absolute Gasteiger partial charge is 0.261 e. The van der Waals surface area contributed by atoms with Crippen LogP contribution in [0.5, 0.6) is 0 Å². The fraction of sp³-hybridized carbons (Fsp3) is 1.00. The predicted octanol–water partition coefficient (Wildman–Crippen LogP) is -0.992. The molecule has 0 aromatic carbocycles. The van der Waals surface area contributed by atoms with Gasteiger partial charge in [0.25, 0.3) is 20.2 Å². The molecule has 6 nitrogen and oxygen atoms in total. The van der Waals surface area contributed by atoms with Gasteiger partial charge in [-0.2, -0.15) is 16.8 Å². The molecule has 0 aromatic rings. The van der Waals surface area contributed by atoms with Crippen molar-refractivity contribution in [2.24, 2.45) is 0 Å². The van der Waals surface area contributed by atoms with Crippen molar-refractivity contribution in [1.82, 2.24) is 0 Å². The molecule has 0 radical (unpaired) electrons. The van der Waals surface area contributed by atoms with Crippen LogP contribution in [0.4, 0.5) is 0 Å². The Morgan fingerprint density at radius 1 is 0.818 bits per heavy atom. The van der Waals surface area contributed by atoms with E-state index in [2.05, 4.69) is 0 Å². The van der Waals surface area contributed by atoms with Gasteiger partial charge < -0.3 is 0 Å². The first-order valence-electron chi connectivity index (χ1n) is 1.85. The summed E-state index contributed by atoms with van der Waals surface area (Å²) in [5.41, 5.74) is 0. The van der Waals surface area contributed by atoms with Crippen LogP contribution in [0.25, 0.3) is 0 Å². The summed E-state index contributed by atoms with van der Waals surface area (Å²) < 4.78 is 51.7. The van der Waals surface area contributed by atoms with Crippen molar-refractivity contribution in [1.29, 1.82) is 0 Å². The second kappa shape index (κ2) is 6.68. The summed E-state index contributed by atoms with van der Waals surface area (Å²) in [6, 6.07) is 0. The Morgan fingerprint density at radius 2 is 0.818 bits per heavy atom. The molecule has 9 heteroatoms. The van der Waals surface area contributed by atoms with Gasteiger partial charge in [-0.25, -0.2) is 0 Å². The molecule has 0 fully saturated rings. The Balaban J connectivity index is -0.000000107. The van der Waals surface area contributed by atoms with Crippen LogP contribution in [-0.2, 0) is 20.2 Å². The van der Waals surface area contributed by atoms with Crippen LogP contribution >= 0.6 is 0 Å². The summed E-state index contributed by atoms with van der Waals surface area (Å²) in [5.74, 6) is 0. The molecule has 0 heterocycles. The summed E-state index contributed by atoms with van der Waals surface area (Å²) in [5, 5.41) is 0. The van der Waals surface area contributed by atoms with Crippen molar-refractivity contribution in [3.05, 3.63) is 0 Å². The maximum atomic E-state index is 9.19. The Bertz CT molecular complexity index is 215. The minimum atomic E-state index is -3.67. The summed E-state index contributed by atoms with van der Waals surface area (Å²) in [6.45, 7) is 0. The molecule has 68 valence electrons. The average Bonchev–Trinajstić information content (AvgIpc) is 1.12. The van der Waals surface area contributed by atoms with E-state index >= 15 is 0 Å². The standard InChI is InChI=1S/2CH4O3S.Ce/c2*1-5(2,3)4;/h2*1H3,(H,2,3,4);. The minimum absolute atomic E-state index is 0. The third-order valence-corrected chi connectivity index (χ3v) is 0. The molecule has 0 rings (SSSR count). The van der Waals surface area contributed by atoms with Crippen molar-refractivity contribution in [2.45, 2.75) is 0 Å².